The number of imide groups is 1. The second kappa shape index (κ2) is 6.85. The highest BCUT2D eigenvalue weighted by Gasteiger charge is 2.39. The van der Waals surface area contributed by atoms with E-state index < -0.39 is 11.8 Å². The predicted octanol–water partition coefficient (Wildman–Crippen LogP) is 4.80. The third kappa shape index (κ3) is 3.22. The van der Waals surface area contributed by atoms with Crippen LogP contribution in [0.2, 0.25) is 0 Å². The van der Waals surface area contributed by atoms with Crippen molar-refractivity contribution in [1.82, 2.24) is 0 Å². The molecule has 0 spiro atoms. The summed E-state index contributed by atoms with van der Waals surface area (Å²) in [7, 11) is 0. The second-order valence-electron chi connectivity index (χ2n) is 5.20. The van der Waals surface area contributed by atoms with Gasteiger partial charge in [-0.3, -0.25) is 9.59 Å². The molecule has 3 rings (SSSR count). The maximum Gasteiger partial charge on any atom is 0.283 e. The number of nitrogens with one attached hydrogen (secondary N) is 1. The van der Waals surface area contributed by atoms with Gasteiger partial charge in [0.05, 0.1) is 5.69 Å². The van der Waals surface area contributed by atoms with E-state index in [4.69, 9.17) is 11.6 Å². The Labute approximate surface area is 166 Å². The monoisotopic (exact) mass is 516 g/mol. The molecule has 122 valence electrons. The summed E-state index contributed by atoms with van der Waals surface area (Å²) in [5.41, 5.74) is 2.26. The predicted molar refractivity (Wildman–Crippen MR) is 107 cm³/mol. The topological polar surface area (TPSA) is 49.4 Å². The Balaban J connectivity index is 1.93. The minimum Gasteiger partial charge on any atom is -0.349 e. The summed E-state index contributed by atoms with van der Waals surface area (Å²) in [4.78, 5) is 26.2. The van der Waals surface area contributed by atoms with Crippen molar-refractivity contribution in [3.63, 3.8) is 0 Å². The Morgan fingerprint density at radius 2 is 1.75 bits per heavy atom. The Kier molecular flexibility index (Phi) is 4.98. The molecule has 24 heavy (non-hydrogen) atoms. The largest absolute Gasteiger partial charge is 0.349 e. The van der Waals surface area contributed by atoms with Crippen molar-refractivity contribution in [3.05, 3.63) is 66.8 Å². The molecule has 1 aliphatic heterocycles. The summed E-state index contributed by atoms with van der Waals surface area (Å²) < 4.78 is 1.94. The summed E-state index contributed by atoms with van der Waals surface area (Å²) in [6, 6.07) is 12.6. The molecular weight excluding hydrogens is 506 g/mol. The van der Waals surface area contributed by atoms with Crippen molar-refractivity contribution >= 4 is 73.3 Å². The molecular formula is C17H11BrClIN2O2. The zero-order chi connectivity index (χ0) is 17.4. The van der Waals surface area contributed by atoms with E-state index in [-0.39, 0.29) is 10.7 Å². The van der Waals surface area contributed by atoms with Crippen molar-refractivity contribution in [2.45, 2.75) is 6.92 Å². The van der Waals surface area contributed by atoms with Gasteiger partial charge in [0.2, 0.25) is 0 Å². The molecule has 1 N–H and O–H groups in total. The summed E-state index contributed by atoms with van der Waals surface area (Å²) in [5.74, 6) is -1.00. The van der Waals surface area contributed by atoms with Gasteiger partial charge in [0.1, 0.15) is 10.7 Å². The number of amides is 2. The fraction of sp³-hybridized carbons (Fsp3) is 0.0588. The third-order valence-corrected chi connectivity index (χ3v) is 5.11. The van der Waals surface area contributed by atoms with Crippen molar-refractivity contribution < 1.29 is 9.59 Å². The number of carbonyl (C=O) groups excluding carboxylic acids is 2. The standard InChI is InChI=1S/C17H11BrClIN2O2/c1-9-8-11(20)4-7-13(9)21-15-14(19)16(23)22(17(15)24)12-5-2-10(18)3-6-12/h2-8,21H,1H3. The van der Waals surface area contributed by atoms with Gasteiger partial charge >= 0.3 is 0 Å². The van der Waals surface area contributed by atoms with Crippen LogP contribution in [-0.2, 0) is 9.59 Å². The highest BCUT2D eigenvalue weighted by Crippen LogP contribution is 2.31. The molecule has 2 amide bonds. The molecule has 0 radical (unpaired) electrons. The highest BCUT2D eigenvalue weighted by molar-refractivity contribution is 14.1. The van der Waals surface area contributed by atoms with E-state index in [0.717, 1.165) is 24.2 Å². The van der Waals surface area contributed by atoms with E-state index in [9.17, 15) is 9.59 Å². The zero-order valence-corrected chi connectivity index (χ0v) is 16.9. The number of hydrogen-bond donors (Lipinski definition) is 1. The number of nitrogens with zero attached hydrogens (tertiary/aromatic N) is 1. The van der Waals surface area contributed by atoms with Gasteiger partial charge in [0, 0.05) is 13.7 Å². The average Bonchev–Trinajstić information content (AvgIpc) is 2.74. The maximum absolute atomic E-state index is 12.7. The Morgan fingerprint density at radius 3 is 2.38 bits per heavy atom. The molecule has 2 aromatic carbocycles. The first-order chi connectivity index (χ1) is 11.4. The first kappa shape index (κ1) is 17.4. The smallest absolute Gasteiger partial charge is 0.283 e. The summed E-state index contributed by atoms with van der Waals surface area (Å²) in [6.45, 7) is 1.92. The van der Waals surface area contributed by atoms with E-state index >= 15 is 0 Å². The van der Waals surface area contributed by atoms with Crippen LogP contribution in [0.3, 0.4) is 0 Å². The van der Waals surface area contributed by atoms with E-state index in [1.54, 1.807) is 24.3 Å². The molecule has 0 saturated carbocycles. The van der Waals surface area contributed by atoms with E-state index in [1.165, 1.54) is 0 Å². The lowest BCUT2D eigenvalue weighted by Gasteiger charge is -2.15. The van der Waals surface area contributed by atoms with Crippen LogP contribution in [0.5, 0.6) is 0 Å². The molecule has 1 heterocycles. The Hall–Kier alpha value is -1.38. The number of anilines is 2. The number of aryl methyl sites for hydroxylation is 1. The van der Waals surface area contributed by atoms with E-state index in [2.05, 4.69) is 43.8 Å². The molecule has 0 aliphatic carbocycles. The van der Waals surface area contributed by atoms with Crippen molar-refractivity contribution in [2.75, 3.05) is 10.2 Å². The maximum atomic E-state index is 12.7. The highest BCUT2D eigenvalue weighted by atomic mass is 127. The van der Waals surface area contributed by atoms with Gasteiger partial charge in [0.25, 0.3) is 11.8 Å². The number of benzene rings is 2. The normalized spacial score (nSPS) is 14.6. The molecule has 0 unspecified atom stereocenters. The molecule has 1 aliphatic rings. The van der Waals surface area contributed by atoms with Gasteiger partial charge in [-0.25, -0.2) is 4.90 Å². The first-order valence-electron chi connectivity index (χ1n) is 6.96. The molecule has 0 bridgehead atoms. The van der Waals surface area contributed by atoms with Crippen molar-refractivity contribution in [3.8, 4) is 0 Å². The molecule has 0 atom stereocenters. The molecule has 4 nitrogen and oxygen atoms in total. The second-order valence-corrected chi connectivity index (χ2v) is 7.73. The number of hydrogen-bond acceptors (Lipinski definition) is 3. The number of rotatable bonds is 3. The minimum absolute atomic E-state index is 0.0916. The van der Waals surface area contributed by atoms with Crippen molar-refractivity contribution in [2.24, 2.45) is 0 Å². The lowest BCUT2D eigenvalue weighted by Crippen LogP contribution is -2.32. The fourth-order valence-electron chi connectivity index (χ4n) is 2.34. The molecule has 0 saturated heterocycles. The number of carbonyl (C=O) groups is 2. The fourth-order valence-corrected chi connectivity index (χ4v) is 3.46. The van der Waals surface area contributed by atoms with Gasteiger partial charge in [-0.1, -0.05) is 27.5 Å². The van der Waals surface area contributed by atoms with Gasteiger partial charge in [-0.2, -0.15) is 0 Å². The minimum atomic E-state index is -0.533. The van der Waals surface area contributed by atoms with Crippen LogP contribution in [-0.4, -0.2) is 11.8 Å². The molecule has 0 fully saturated rings. The quantitative estimate of drug-likeness (QED) is 0.470. The average molecular weight is 518 g/mol. The summed E-state index contributed by atoms with van der Waals surface area (Å²) in [6.07, 6.45) is 0. The first-order valence-corrected chi connectivity index (χ1v) is 9.21. The van der Waals surface area contributed by atoms with Crippen LogP contribution < -0.4 is 10.2 Å². The third-order valence-electron chi connectivity index (χ3n) is 3.56. The zero-order valence-electron chi connectivity index (χ0n) is 12.4. The van der Waals surface area contributed by atoms with Gasteiger partial charge in [0.15, 0.2) is 0 Å². The van der Waals surface area contributed by atoms with Crippen LogP contribution >= 0.6 is 50.1 Å². The lowest BCUT2D eigenvalue weighted by molar-refractivity contribution is -0.120. The SMILES string of the molecule is Cc1cc(I)ccc1NC1=C(Cl)C(=O)N(c2ccc(Br)cc2)C1=O. The van der Waals surface area contributed by atoms with Gasteiger partial charge in [-0.15, -0.1) is 0 Å². The van der Waals surface area contributed by atoms with Crippen LogP contribution in [0.15, 0.2) is 57.7 Å². The number of halogens is 3. The lowest BCUT2D eigenvalue weighted by atomic mass is 10.2. The van der Waals surface area contributed by atoms with Gasteiger partial charge in [-0.05, 0) is 77.5 Å². The van der Waals surface area contributed by atoms with Crippen molar-refractivity contribution in [1.29, 1.82) is 0 Å². The molecule has 7 heteroatoms. The van der Waals surface area contributed by atoms with Crippen LogP contribution in [0, 0.1) is 10.5 Å². The molecule has 0 aromatic heterocycles. The van der Waals surface area contributed by atoms with Crippen LogP contribution in [0.4, 0.5) is 11.4 Å². The van der Waals surface area contributed by atoms with E-state index in [1.807, 2.05) is 25.1 Å². The van der Waals surface area contributed by atoms with Crippen LogP contribution in [0.1, 0.15) is 5.56 Å². The summed E-state index contributed by atoms with van der Waals surface area (Å²) in [5, 5.41) is 2.89. The van der Waals surface area contributed by atoms with E-state index in [0.29, 0.717) is 5.69 Å². The molecule has 2 aromatic rings. The van der Waals surface area contributed by atoms with Gasteiger partial charge < -0.3 is 5.32 Å². The van der Waals surface area contributed by atoms with Crippen LogP contribution in [0.25, 0.3) is 0 Å². The Morgan fingerprint density at radius 1 is 1.08 bits per heavy atom. The Bertz CT molecular complexity index is 881. The summed E-state index contributed by atoms with van der Waals surface area (Å²) >= 11 is 11.7.